The number of halogens is 1. The van der Waals surface area contributed by atoms with Crippen LogP contribution in [0.25, 0.3) is 22.0 Å². The molecule has 0 unspecified atom stereocenters. The minimum atomic E-state index is 0.594. The summed E-state index contributed by atoms with van der Waals surface area (Å²) < 4.78 is 6.22. The quantitative estimate of drug-likeness (QED) is 0.394. The van der Waals surface area contributed by atoms with Crippen molar-refractivity contribution in [3.8, 4) is 22.8 Å². The highest BCUT2D eigenvalue weighted by molar-refractivity contribution is 6.30. The molecule has 0 N–H and O–H groups in total. The van der Waals surface area contributed by atoms with Crippen molar-refractivity contribution in [3.05, 3.63) is 88.9 Å². The van der Waals surface area contributed by atoms with E-state index in [4.69, 9.17) is 21.3 Å². The van der Waals surface area contributed by atoms with Gasteiger partial charge in [0.25, 0.3) is 0 Å². The molecule has 0 aliphatic heterocycles. The van der Waals surface area contributed by atoms with E-state index < -0.39 is 0 Å². The van der Waals surface area contributed by atoms with Crippen LogP contribution in [0.2, 0.25) is 5.02 Å². The zero-order chi connectivity index (χ0) is 18.1. The first-order chi connectivity index (χ1) is 12.6. The van der Waals surface area contributed by atoms with Crippen molar-refractivity contribution < 1.29 is 4.74 Å². The van der Waals surface area contributed by atoms with Gasteiger partial charge in [-0.2, -0.15) is 0 Å². The first-order valence-electron chi connectivity index (χ1n) is 8.50. The van der Waals surface area contributed by atoms with Crippen LogP contribution in [0, 0.1) is 13.8 Å². The Labute approximate surface area is 158 Å². The third kappa shape index (κ3) is 3.42. The number of hydrogen-bond donors (Lipinski definition) is 0. The molecule has 3 aromatic carbocycles. The molecular formula is C23H18ClNO. The van der Waals surface area contributed by atoms with Crippen LogP contribution in [-0.4, -0.2) is 4.98 Å². The zero-order valence-corrected chi connectivity index (χ0v) is 15.4. The number of pyridine rings is 1. The van der Waals surface area contributed by atoms with Crippen molar-refractivity contribution in [2.75, 3.05) is 0 Å². The summed E-state index contributed by atoms with van der Waals surface area (Å²) in [6.45, 7) is 4.13. The maximum absolute atomic E-state index is 6.22. The number of hydrogen-bond acceptors (Lipinski definition) is 2. The maximum Gasteiger partial charge on any atom is 0.227 e. The molecule has 0 radical (unpaired) electrons. The first kappa shape index (κ1) is 16.6. The molecule has 0 aliphatic carbocycles. The monoisotopic (exact) mass is 359 g/mol. The fourth-order valence-corrected chi connectivity index (χ4v) is 3.24. The average molecular weight is 360 g/mol. The van der Waals surface area contributed by atoms with Crippen molar-refractivity contribution in [1.29, 1.82) is 0 Å². The van der Waals surface area contributed by atoms with Crippen LogP contribution in [-0.2, 0) is 0 Å². The Morgan fingerprint density at radius 1 is 0.808 bits per heavy atom. The molecule has 0 spiro atoms. The Kier molecular flexibility index (Phi) is 4.36. The summed E-state index contributed by atoms with van der Waals surface area (Å²) in [6, 6.07) is 24.1. The van der Waals surface area contributed by atoms with E-state index in [0.29, 0.717) is 10.9 Å². The first-order valence-corrected chi connectivity index (χ1v) is 8.88. The SMILES string of the molecule is Cc1cc(C)cc(Oc2nc3ccccc3cc2-c2ccc(Cl)cc2)c1. The van der Waals surface area contributed by atoms with E-state index in [9.17, 15) is 0 Å². The molecule has 0 fully saturated rings. The fraction of sp³-hybridized carbons (Fsp3) is 0.0870. The van der Waals surface area contributed by atoms with Crippen LogP contribution in [0.5, 0.6) is 11.6 Å². The van der Waals surface area contributed by atoms with E-state index in [0.717, 1.165) is 38.9 Å². The lowest BCUT2D eigenvalue weighted by molar-refractivity contribution is 0.466. The predicted octanol–water partition coefficient (Wildman–Crippen LogP) is 6.96. The van der Waals surface area contributed by atoms with Gasteiger partial charge in [-0.05, 0) is 66.9 Å². The average Bonchev–Trinajstić information content (AvgIpc) is 2.61. The van der Waals surface area contributed by atoms with Gasteiger partial charge in [-0.25, -0.2) is 4.98 Å². The second-order valence-electron chi connectivity index (χ2n) is 6.47. The molecule has 0 saturated carbocycles. The summed E-state index contributed by atoms with van der Waals surface area (Å²) in [7, 11) is 0. The number of para-hydroxylation sites is 1. The summed E-state index contributed by atoms with van der Waals surface area (Å²) in [5, 5.41) is 1.78. The molecular weight excluding hydrogens is 342 g/mol. The molecule has 4 rings (SSSR count). The highest BCUT2D eigenvalue weighted by Crippen LogP contribution is 2.35. The van der Waals surface area contributed by atoms with E-state index in [1.807, 2.05) is 54.6 Å². The summed E-state index contributed by atoms with van der Waals surface area (Å²) in [6.07, 6.45) is 0. The number of benzene rings is 3. The molecule has 2 nitrogen and oxygen atoms in total. The van der Waals surface area contributed by atoms with E-state index in [1.54, 1.807) is 0 Å². The van der Waals surface area contributed by atoms with Crippen molar-refractivity contribution in [3.63, 3.8) is 0 Å². The lowest BCUT2D eigenvalue weighted by atomic mass is 10.0. The van der Waals surface area contributed by atoms with Gasteiger partial charge in [0.2, 0.25) is 5.88 Å². The molecule has 0 saturated heterocycles. The van der Waals surface area contributed by atoms with Gasteiger partial charge < -0.3 is 4.74 Å². The number of ether oxygens (including phenoxy) is 1. The van der Waals surface area contributed by atoms with Gasteiger partial charge in [-0.3, -0.25) is 0 Å². The molecule has 128 valence electrons. The second kappa shape index (κ2) is 6.81. The molecule has 0 amide bonds. The number of rotatable bonds is 3. The third-order valence-corrected chi connectivity index (χ3v) is 4.51. The Hall–Kier alpha value is -2.84. The van der Waals surface area contributed by atoms with Crippen molar-refractivity contribution >= 4 is 22.5 Å². The normalized spacial score (nSPS) is 10.9. The predicted molar refractivity (Wildman–Crippen MR) is 108 cm³/mol. The Morgan fingerprint density at radius 2 is 1.50 bits per heavy atom. The summed E-state index contributed by atoms with van der Waals surface area (Å²) in [4.78, 5) is 4.77. The molecule has 1 aromatic heterocycles. The number of fused-ring (bicyclic) bond motifs is 1. The Balaban J connectivity index is 1.88. The van der Waals surface area contributed by atoms with Crippen LogP contribution in [0.4, 0.5) is 0 Å². The summed E-state index contributed by atoms with van der Waals surface area (Å²) in [5.41, 5.74) is 5.19. The van der Waals surface area contributed by atoms with Gasteiger partial charge in [0, 0.05) is 16.0 Å². The van der Waals surface area contributed by atoms with Crippen LogP contribution < -0.4 is 4.74 Å². The van der Waals surface area contributed by atoms with Gasteiger partial charge in [0.05, 0.1) is 5.52 Å². The van der Waals surface area contributed by atoms with Crippen LogP contribution in [0.3, 0.4) is 0 Å². The van der Waals surface area contributed by atoms with Gasteiger partial charge in [0.1, 0.15) is 5.75 Å². The van der Waals surface area contributed by atoms with Crippen LogP contribution in [0.15, 0.2) is 72.8 Å². The van der Waals surface area contributed by atoms with Gasteiger partial charge in [-0.1, -0.05) is 48.0 Å². The minimum absolute atomic E-state index is 0.594. The number of aromatic nitrogens is 1. The smallest absolute Gasteiger partial charge is 0.227 e. The van der Waals surface area contributed by atoms with E-state index in [-0.39, 0.29) is 0 Å². The molecule has 0 bridgehead atoms. The van der Waals surface area contributed by atoms with E-state index in [2.05, 4.69) is 32.0 Å². The molecule has 4 aromatic rings. The second-order valence-corrected chi connectivity index (χ2v) is 6.90. The van der Waals surface area contributed by atoms with E-state index >= 15 is 0 Å². The highest BCUT2D eigenvalue weighted by Gasteiger charge is 2.12. The Bertz CT molecular complexity index is 1070. The molecule has 0 atom stereocenters. The minimum Gasteiger partial charge on any atom is -0.438 e. The highest BCUT2D eigenvalue weighted by atomic mass is 35.5. The van der Waals surface area contributed by atoms with Crippen molar-refractivity contribution in [2.45, 2.75) is 13.8 Å². The number of nitrogens with zero attached hydrogens (tertiary/aromatic N) is 1. The molecule has 0 aliphatic rings. The fourth-order valence-electron chi connectivity index (χ4n) is 3.12. The van der Waals surface area contributed by atoms with E-state index in [1.165, 1.54) is 0 Å². The summed E-state index contributed by atoms with van der Waals surface area (Å²) >= 11 is 6.05. The number of aryl methyl sites for hydroxylation is 2. The molecule has 26 heavy (non-hydrogen) atoms. The van der Waals surface area contributed by atoms with Gasteiger partial charge in [-0.15, -0.1) is 0 Å². The van der Waals surface area contributed by atoms with Crippen molar-refractivity contribution in [2.24, 2.45) is 0 Å². The third-order valence-electron chi connectivity index (χ3n) is 4.25. The molecule has 3 heteroatoms. The lowest BCUT2D eigenvalue weighted by Crippen LogP contribution is -1.94. The summed E-state index contributed by atoms with van der Waals surface area (Å²) in [5.74, 6) is 1.39. The largest absolute Gasteiger partial charge is 0.438 e. The topological polar surface area (TPSA) is 22.1 Å². The standard InChI is InChI=1S/C23H18ClNO/c1-15-11-16(2)13-20(12-15)26-23-21(17-7-9-19(24)10-8-17)14-18-5-3-4-6-22(18)25-23/h3-14H,1-2H3. The van der Waals surface area contributed by atoms with Crippen molar-refractivity contribution in [1.82, 2.24) is 4.98 Å². The van der Waals surface area contributed by atoms with Crippen LogP contribution in [0.1, 0.15) is 11.1 Å². The lowest BCUT2D eigenvalue weighted by Gasteiger charge is -2.13. The zero-order valence-electron chi connectivity index (χ0n) is 14.7. The maximum atomic E-state index is 6.22. The van der Waals surface area contributed by atoms with Crippen LogP contribution >= 0.6 is 11.6 Å². The van der Waals surface area contributed by atoms with Gasteiger partial charge in [0.15, 0.2) is 0 Å². The van der Waals surface area contributed by atoms with Gasteiger partial charge >= 0.3 is 0 Å². The molecule has 1 heterocycles. The Morgan fingerprint density at radius 3 is 2.23 bits per heavy atom.